The predicted octanol–water partition coefficient (Wildman–Crippen LogP) is 13.7. The van der Waals surface area contributed by atoms with E-state index in [-0.39, 0.29) is 16.7 Å². The van der Waals surface area contributed by atoms with E-state index in [1.165, 1.54) is 5.56 Å². The molecule has 6 aromatic carbocycles. The minimum atomic E-state index is -0.364. The number of aromatic nitrogens is 3. The van der Waals surface area contributed by atoms with Gasteiger partial charge < -0.3 is 22.5 Å². The van der Waals surface area contributed by atoms with Crippen LogP contribution in [0, 0.1) is 0 Å². The molecular formula is C55H41N3O4S. The molecule has 63 heavy (non-hydrogen) atoms. The molecule has 0 aliphatic heterocycles. The SMILES string of the molecule is Cn1c(-c2cccc(-c3cc4c5ccccc5c5ccccc5c4oc3=O)c2)cc2c1c1c(cc(-c3ccc(-c4cc5c(ccc6cc(C(C)(C)C)ccc65)oc4=O)s3)n1C)n2C. The van der Waals surface area contributed by atoms with E-state index in [0.717, 1.165) is 97.4 Å². The monoisotopic (exact) mass is 839 g/mol. The molecule has 306 valence electrons. The molecule has 12 rings (SSSR count). The fourth-order valence-electron chi connectivity index (χ4n) is 9.86. The maximum absolute atomic E-state index is 13.8. The Balaban J connectivity index is 0.933. The van der Waals surface area contributed by atoms with Gasteiger partial charge in [-0.25, -0.2) is 9.59 Å². The molecule has 6 heterocycles. The lowest BCUT2D eigenvalue weighted by atomic mass is 9.85. The van der Waals surface area contributed by atoms with E-state index in [1.54, 1.807) is 11.3 Å². The Morgan fingerprint density at radius 3 is 1.84 bits per heavy atom. The van der Waals surface area contributed by atoms with Crippen LogP contribution >= 0.6 is 11.3 Å². The number of benzene rings is 6. The van der Waals surface area contributed by atoms with Crippen molar-refractivity contribution in [3.05, 3.63) is 166 Å². The summed E-state index contributed by atoms with van der Waals surface area (Å²) in [7, 11) is 6.32. The first-order valence-corrected chi connectivity index (χ1v) is 22.0. The number of nitrogens with zero attached hydrogens (tertiary/aromatic N) is 3. The van der Waals surface area contributed by atoms with Gasteiger partial charge in [-0.05, 0) is 97.6 Å². The highest BCUT2D eigenvalue weighted by molar-refractivity contribution is 7.18. The molecule has 0 aliphatic rings. The Bertz CT molecular complexity index is 4050. The second-order valence-electron chi connectivity index (χ2n) is 17.8. The number of thiophene rings is 1. The van der Waals surface area contributed by atoms with Crippen LogP contribution in [-0.2, 0) is 26.6 Å². The van der Waals surface area contributed by atoms with E-state index in [1.807, 2.05) is 72.8 Å². The molecular weight excluding hydrogens is 799 g/mol. The predicted molar refractivity (Wildman–Crippen MR) is 261 cm³/mol. The highest BCUT2D eigenvalue weighted by Crippen LogP contribution is 2.42. The molecule has 6 aromatic heterocycles. The number of fused-ring (bicyclic) bond motifs is 12. The summed E-state index contributed by atoms with van der Waals surface area (Å²) in [5.41, 5.74) is 11.2. The van der Waals surface area contributed by atoms with Crippen molar-refractivity contribution in [2.45, 2.75) is 26.2 Å². The summed E-state index contributed by atoms with van der Waals surface area (Å²) in [6, 6.07) is 47.7. The van der Waals surface area contributed by atoms with Crippen molar-refractivity contribution in [2.24, 2.45) is 21.1 Å². The van der Waals surface area contributed by atoms with Gasteiger partial charge in [-0.2, -0.15) is 0 Å². The fraction of sp³-hybridized carbons (Fsp3) is 0.127. The standard InChI is InChI=1S/C55H41N3O4S/c1-55(2,3)33-19-20-34-31(25-33)18-21-47-40(34)27-42(54(60)61-47)48-22-23-49(63-48)44-29-46-51(58(44)6)50-45(56(46)4)28-43(57(50)5)32-13-11-12-30(24-32)39-26-41-37-16-8-7-14-35(37)36-15-9-10-17-38(36)52(41)62-53(39)59/h7-29H,1-6H3. The van der Waals surface area contributed by atoms with Crippen LogP contribution in [0.3, 0.4) is 0 Å². The zero-order valence-electron chi connectivity index (χ0n) is 35.7. The zero-order valence-corrected chi connectivity index (χ0v) is 36.5. The molecule has 8 heteroatoms. The number of aryl methyl sites for hydroxylation is 3. The van der Waals surface area contributed by atoms with E-state index in [0.29, 0.717) is 22.3 Å². The Morgan fingerprint density at radius 1 is 0.476 bits per heavy atom. The second-order valence-corrected chi connectivity index (χ2v) is 18.9. The normalized spacial score (nSPS) is 12.4. The number of hydrogen-bond acceptors (Lipinski definition) is 5. The van der Waals surface area contributed by atoms with Gasteiger partial charge in [-0.3, -0.25) is 0 Å². The zero-order chi connectivity index (χ0) is 43.1. The van der Waals surface area contributed by atoms with Gasteiger partial charge in [0.15, 0.2) is 0 Å². The van der Waals surface area contributed by atoms with Gasteiger partial charge in [0.2, 0.25) is 0 Å². The van der Waals surface area contributed by atoms with Crippen LogP contribution in [0.5, 0.6) is 0 Å². The fourth-order valence-corrected chi connectivity index (χ4v) is 10.9. The van der Waals surface area contributed by atoms with Gasteiger partial charge in [-0.15, -0.1) is 11.3 Å². The lowest BCUT2D eigenvalue weighted by Gasteiger charge is -2.19. The average Bonchev–Trinajstić information content (AvgIpc) is 4.05. The molecule has 0 bridgehead atoms. The van der Waals surface area contributed by atoms with E-state index < -0.39 is 0 Å². The maximum Gasteiger partial charge on any atom is 0.345 e. The van der Waals surface area contributed by atoms with Crippen molar-refractivity contribution in [1.82, 2.24) is 13.7 Å². The van der Waals surface area contributed by atoms with Gasteiger partial charge in [0.05, 0.1) is 49.5 Å². The van der Waals surface area contributed by atoms with Crippen molar-refractivity contribution in [3.63, 3.8) is 0 Å². The summed E-state index contributed by atoms with van der Waals surface area (Å²) in [4.78, 5) is 29.2. The summed E-state index contributed by atoms with van der Waals surface area (Å²) in [6.07, 6.45) is 0. The van der Waals surface area contributed by atoms with Crippen LogP contribution in [0.2, 0.25) is 0 Å². The molecule has 0 fully saturated rings. The van der Waals surface area contributed by atoms with E-state index in [2.05, 4.69) is 122 Å². The first-order valence-electron chi connectivity index (χ1n) is 21.2. The van der Waals surface area contributed by atoms with Crippen LogP contribution in [0.4, 0.5) is 0 Å². The summed E-state index contributed by atoms with van der Waals surface area (Å²) in [6.45, 7) is 6.65. The molecule has 0 radical (unpaired) electrons. The third-order valence-electron chi connectivity index (χ3n) is 13.2. The lowest BCUT2D eigenvalue weighted by Crippen LogP contribution is -2.10. The minimum absolute atomic E-state index is 0.0280. The van der Waals surface area contributed by atoms with Crippen LogP contribution < -0.4 is 11.3 Å². The quantitative estimate of drug-likeness (QED) is 0.131. The van der Waals surface area contributed by atoms with Gasteiger partial charge >= 0.3 is 11.3 Å². The van der Waals surface area contributed by atoms with Crippen molar-refractivity contribution >= 4 is 87.7 Å². The van der Waals surface area contributed by atoms with Gasteiger partial charge in [0, 0.05) is 42.2 Å². The van der Waals surface area contributed by atoms with Gasteiger partial charge in [0.1, 0.15) is 11.2 Å². The molecule has 0 amide bonds. The summed E-state index contributed by atoms with van der Waals surface area (Å²) in [5.74, 6) is 0. The molecule has 12 aromatic rings. The van der Waals surface area contributed by atoms with Crippen LogP contribution in [0.1, 0.15) is 26.3 Å². The van der Waals surface area contributed by atoms with E-state index in [4.69, 9.17) is 8.83 Å². The second kappa shape index (κ2) is 13.3. The minimum Gasteiger partial charge on any atom is -0.422 e. The highest BCUT2D eigenvalue weighted by atomic mass is 32.1. The molecule has 7 nitrogen and oxygen atoms in total. The Labute approximate surface area is 365 Å². The highest BCUT2D eigenvalue weighted by Gasteiger charge is 2.23. The van der Waals surface area contributed by atoms with E-state index >= 15 is 0 Å². The van der Waals surface area contributed by atoms with Crippen LogP contribution in [-0.4, -0.2) is 13.7 Å². The third kappa shape index (κ3) is 5.50. The molecule has 0 saturated heterocycles. The molecule has 0 unspecified atom stereocenters. The third-order valence-corrected chi connectivity index (χ3v) is 14.3. The van der Waals surface area contributed by atoms with E-state index in [9.17, 15) is 9.59 Å². The Kier molecular flexibility index (Phi) is 7.88. The largest absolute Gasteiger partial charge is 0.422 e. The van der Waals surface area contributed by atoms with Gasteiger partial charge in [0.25, 0.3) is 0 Å². The Hall–Kier alpha value is -7.42. The number of hydrogen-bond donors (Lipinski definition) is 0. The smallest absolute Gasteiger partial charge is 0.345 e. The molecule has 0 aliphatic carbocycles. The maximum atomic E-state index is 13.8. The van der Waals surface area contributed by atoms with Crippen molar-refractivity contribution < 1.29 is 8.83 Å². The van der Waals surface area contributed by atoms with Crippen molar-refractivity contribution in [2.75, 3.05) is 0 Å². The lowest BCUT2D eigenvalue weighted by molar-refractivity contribution is 0.564. The first kappa shape index (κ1) is 37.4. The van der Waals surface area contributed by atoms with Crippen LogP contribution in [0.15, 0.2) is 158 Å². The van der Waals surface area contributed by atoms with Crippen molar-refractivity contribution in [3.8, 4) is 43.4 Å². The van der Waals surface area contributed by atoms with Gasteiger partial charge in [-0.1, -0.05) is 112 Å². The molecule has 0 atom stereocenters. The average molecular weight is 840 g/mol. The molecule has 0 N–H and O–H groups in total. The summed E-state index contributed by atoms with van der Waals surface area (Å²) < 4.78 is 18.9. The summed E-state index contributed by atoms with van der Waals surface area (Å²) >= 11 is 1.60. The van der Waals surface area contributed by atoms with Crippen LogP contribution in [0.25, 0.3) is 120 Å². The molecule has 0 saturated carbocycles. The van der Waals surface area contributed by atoms with Crippen molar-refractivity contribution in [1.29, 1.82) is 0 Å². The first-order chi connectivity index (χ1) is 30.4. The Morgan fingerprint density at radius 2 is 1.10 bits per heavy atom. The topological polar surface area (TPSA) is 75.2 Å². The number of rotatable bonds is 4. The molecule has 0 spiro atoms. The summed E-state index contributed by atoms with van der Waals surface area (Å²) in [5, 5.41) is 8.20.